The Morgan fingerprint density at radius 1 is 1.28 bits per heavy atom. The van der Waals surface area contributed by atoms with Gasteiger partial charge in [0, 0.05) is 50.2 Å². The minimum absolute atomic E-state index is 0.0997. The van der Waals surface area contributed by atoms with Crippen LogP contribution in [0.4, 0.5) is 8.78 Å². The molecular formula is C20H27F2N3O3S. The normalized spacial score (nSPS) is 17.6. The molecule has 1 aliphatic rings. The predicted molar refractivity (Wildman–Crippen MR) is 106 cm³/mol. The molecule has 1 aliphatic heterocycles. The number of nitrogens with one attached hydrogen (secondary N) is 1. The average Bonchev–Trinajstić information content (AvgIpc) is 3.23. The Kier molecular flexibility index (Phi) is 7.50. The van der Waals surface area contributed by atoms with E-state index >= 15 is 4.39 Å². The molecule has 9 heteroatoms. The van der Waals surface area contributed by atoms with Crippen molar-refractivity contribution in [2.45, 2.75) is 44.8 Å². The summed E-state index contributed by atoms with van der Waals surface area (Å²) in [6.45, 7) is 3.88. The van der Waals surface area contributed by atoms with E-state index in [1.54, 1.807) is 10.6 Å². The third-order valence-electron chi connectivity index (χ3n) is 5.27. The predicted octanol–water partition coefficient (Wildman–Crippen LogP) is 3.25. The van der Waals surface area contributed by atoms with E-state index in [1.807, 2.05) is 6.92 Å². The first-order chi connectivity index (χ1) is 13.9. The van der Waals surface area contributed by atoms with Gasteiger partial charge >= 0.3 is 0 Å². The lowest BCUT2D eigenvalue weighted by Gasteiger charge is -2.39. The maximum Gasteiger partial charge on any atom is 0.180 e. The summed E-state index contributed by atoms with van der Waals surface area (Å²) >= 11 is 0. The van der Waals surface area contributed by atoms with E-state index in [1.165, 1.54) is 24.8 Å². The van der Waals surface area contributed by atoms with Gasteiger partial charge in [-0.15, -0.1) is 0 Å². The summed E-state index contributed by atoms with van der Waals surface area (Å²) in [5.74, 6) is -0.976. The number of ether oxygens (including phenoxy) is 1. The van der Waals surface area contributed by atoms with Crippen LogP contribution in [-0.2, 0) is 34.4 Å². The van der Waals surface area contributed by atoms with Gasteiger partial charge in [0.05, 0.1) is 22.2 Å². The largest absolute Gasteiger partial charge is 0.451 e. The summed E-state index contributed by atoms with van der Waals surface area (Å²) in [5.41, 5.74) is 0.421. The van der Waals surface area contributed by atoms with Crippen LogP contribution >= 0.6 is 0 Å². The van der Waals surface area contributed by atoms with Crippen LogP contribution in [0.1, 0.15) is 43.0 Å². The van der Waals surface area contributed by atoms with Crippen LogP contribution in [0.3, 0.4) is 0 Å². The van der Waals surface area contributed by atoms with E-state index in [0.717, 1.165) is 6.42 Å². The summed E-state index contributed by atoms with van der Waals surface area (Å²) < 4.78 is 54.1. The Morgan fingerprint density at radius 2 is 2.03 bits per heavy atom. The van der Waals surface area contributed by atoms with E-state index in [9.17, 15) is 8.60 Å². The molecule has 0 radical (unpaired) electrons. The van der Waals surface area contributed by atoms with Crippen molar-refractivity contribution in [3.63, 3.8) is 0 Å². The summed E-state index contributed by atoms with van der Waals surface area (Å²) in [5, 5.41) is 3.35. The molecule has 1 atom stereocenters. The van der Waals surface area contributed by atoms with E-state index in [2.05, 4.69) is 10.3 Å². The number of oxazole rings is 1. The molecule has 0 spiro atoms. The first-order valence-corrected chi connectivity index (χ1v) is 11.2. The van der Waals surface area contributed by atoms with E-state index in [-0.39, 0.29) is 17.7 Å². The van der Waals surface area contributed by atoms with Crippen molar-refractivity contribution >= 4 is 11.0 Å². The quantitative estimate of drug-likeness (QED) is 0.665. The monoisotopic (exact) mass is 427 g/mol. The van der Waals surface area contributed by atoms with Gasteiger partial charge in [-0.3, -0.25) is 0 Å². The summed E-state index contributed by atoms with van der Waals surface area (Å²) in [6.07, 6.45) is 6.21. The highest BCUT2D eigenvalue weighted by molar-refractivity contribution is 7.81. The molecule has 6 nitrogen and oxygen atoms in total. The molecule has 1 aromatic carbocycles. The van der Waals surface area contributed by atoms with Gasteiger partial charge in [0.25, 0.3) is 0 Å². The lowest BCUT2D eigenvalue weighted by molar-refractivity contribution is 0.0341. The van der Waals surface area contributed by atoms with Gasteiger partial charge in [-0.2, -0.15) is 0 Å². The Morgan fingerprint density at radius 3 is 2.66 bits per heavy atom. The van der Waals surface area contributed by atoms with Crippen molar-refractivity contribution in [3.8, 4) is 0 Å². The maximum absolute atomic E-state index is 15.2. The minimum Gasteiger partial charge on any atom is -0.451 e. The smallest absolute Gasteiger partial charge is 0.180 e. The van der Waals surface area contributed by atoms with Crippen molar-refractivity contribution in [2.75, 3.05) is 26.0 Å². The molecule has 160 valence electrons. The highest BCUT2D eigenvalue weighted by Gasteiger charge is 2.37. The minimum atomic E-state index is -1.26. The van der Waals surface area contributed by atoms with Gasteiger partial charge in [-0.05, 0) is 31.4 Å². The van der Waals surface area contributed by atoms with Gasteiger partial charge in [-0.25, -0.2) is 22.3 Å². The van der Waals surface area contributed by atoms with Crippen molar-refractivity contribution in [2.24, 2.45) is 0 Å². The number of halogens is 2. The molecule has 1 N–H and O–H groups in total. The molecule has 29 heavy (non-hydrogen) atoms. The zero-order chi connectivity index (χ0) is 20.9. The number of hydrogen-bond donors (Lipinski definition) is 1. The third-order valence-corrected chi connectivity index (χ3v) is 6.31. The second-order valence-corrected chi connectivity index (χ2v) is 8.60. The number of rotatable bonds is 9. The molecule has 2 heterocycles. The lowest BCUT2D eigenvalue weighted by atomic mass is 9.81. The molecule has 0 aliphatic carbocycles. The SMILES string of the molecule is CCCN(Cc1cc(F)c(C2(NCc3cocn3)CCOCC2)cc1F)S(C)=O. The van der Waals surface area contributed by atoms with Crippen molar-refractivity contribution in [3.05, 3.63) is 53.2 Å². The van der Waals surface area contributed by atoms with Crippen LogP contribution in [0.25, 0.3) is 0 Å². The fraction of sp³-hybridized carbons (Fsp3) is 0.550. The number of nitrogens with zero attached hydrogens (tertiary/aromatic N) is 2. The molecule has 1 fully saturated rings. The van der Waals surface area contributed by atoms with Gasteiger partial charge < -0.3 is 14.5 Å². The van der Waals surface area contributed by atoms with Crippen LogP contribution in [-0.4, -0.2) is 39.5 Å². The highest BCUT2D eigenvalue weighted by atomic mass is 32.2. The first-order valence-electron chi connectivity index (χ1n) is 9.72. The molecule has 3 rings (SSSR count). The van der Waals surface area contributed by atoms with Gasteiger partial charge in [-0.1, -0.05) is 6.92 Å². The zero-order valence-corrected chi connectivity index (χ0v) is 17.6. The maximum atomic E-state index is 15.2. The summed E-state index contributed by atoms with van der Waals surface area (Å²) in [6, 6.07) is 2.50. The Labute approximate surface area is 172 Å². The zero-order valence-electron chi connectivity index (χ0n) is 16.7. The van der Waals surface area contributed by atoms with Crippen LogP contribution < -0.4 is 5.32 Å². The Balaban J connectivity index is 1.88. The Hall–Kier alpha value is -1.68. The molecule has 1 unspecified atom stereocenters. The first kappa shape index (κ1) is 22.0. The Bertz CT molecular complexity index is 827. The molecule has 2 aromatic rings. The van der Waals surface area contributed by atoms with Crippen molar-refractivity contribution in [1.29, 1.82) is 0 Å². The average molecular weight is 428 g/mol. The second-order valence-electron chi connectivity index (χ2n) is 7.24. The number of aromatic nitrogens is 1. The van der Waals surface area contributed by atoms with Crippen molar-refractivity contribution in [1.82, 2.24) is 14.6 Å². The van der Waals surface area contributed by atoms with Gasteiger partial charge in [0.2, 0.25) is 0 Å². The van der Waals surface area contributed by atoms with Gasteiger partial charge in [0.15, 0.2) is 6.39 Å². The van der Waals surface area contributed by atoms with Crippen LogP contribution in [0.15, 0.2) is 29.2 Å². The standard InChI is InChI=1S/C20H27F2N3O3S/c1-3-6-25(29(2)26)12-15-9-19(22)17(10-18(15)21)20(4-7-27-8-5-20)24-11-16-13-28-14-23-16/h9-10,13-14,24H,3-8,11-12H2,1-2H3. The van der Waals surface area contributed by atoms with Crippen molar-refractivity contribution < 1.29 is 22.1 Å². The number of hydrogen-bond acceptors (Lipinski definition) is 5. The fourth-order valence-corrected chi connectivity index (χ4v) is 4.42. The van der Waals surface area contributed by atoms with Gasteiger partial charge in [0.1, 0.15) is 17.9 Å². The third kappa shape index (κ3) is 5.28. The fourth-order valence-electron chi connectivity index (χ4n) is 3.66. The molecule has 0 saturated carbocycles. The lowest BCUT2D eigenvalue weighted by Crippen LogP contribution is -2.47. The molecule has 1 saturated heterocycles. The molecule has 0 bridgehead atoms. The molecular weight excluding hydrogens is 400 g/mol. The van der Waals surface area contributed by atoms with Crippen LogP contribution in [0.2, 0.25) is 0 Å². The van der Waals surface area contributed by atoms with E-state index < -0.39 is 28.2 Å². The molecule has 1 aromatic heterocycles. The van der Waals surface area contributed by atoms with Crippen LogP contribution in [0, 0.1) is 11.6 Å². The number of benzene rings is 1. The summed E-state index contributed by atoms with van der Waals surface area (Å²) in [7, 11) is -1.26. The topological polar surface area (TPSA) is 67.6 Å². The second kappa shape index (κ2) is 9.88. The molecule has 0 amide bonds. The highest BCUT2D eigenvalue weighted by Crippen LogP contribution is 2.35. The van der Waals surface area contributed by atoms with E-state index in [4.69, 9.17) is 9.15 Å². The van der Waals surface area contributed by atoms with E-state index in [0.29, 0.717) is 44.8 Å². The summed E-state index contributed by atoms with van der Waals surface area (Å²) in [4.78, 5) is 4.08. The van der Waals surface area contributed by atoms with Crippen LogP contribution in [0.5, 0.6) is 0 Å².